The fourth-order valence-electron chi connectivity index (χ4n) is 3.47. The van der Waals surface area contributed by atoms with Crippen LogP contribution in [0.3, 0.4) is 0 Å². The van der Waals surface area contributed by atoms with Crippen LogP contribution in [0.2, 0.25) is 0 Å². The van der Waals surface area contributed by atoms with E-state index in [0.29, 0.717) is 11.6 Å². The van der Waals surface area contributed by atoms with E-state index in [2.05, 4.69) is 26.3 Å². The lowest BCUT2D eigenvalue weighted by molar-refractivity contribution is -0.387. The summed E-state index contributed by atoms with van der Waals surface area (Å²) in [6.07, 6.45) is 11.0. The highest BCUT2D eigenvalue weighted by molar-refractivity contribution is 7.99. The van der Waals surface area contributed by atoms with Gasteiger partial charge in [-0.2, -0.15) is 0 Å². The average Bonchev–Trinajstić information content (AvgIpc) is 2.75. The van der Waals surface area contributed by atoms with Gasteiger partial charge >= 0.3 is 5.69 Å². The Bertz CT molecular complexity index is 1060. The topological polar surface area (TPSA) is 93.8 Å². The molecule has 29 heavy (non-hydrogen) atoms. The smallest absolute Gasteiger partial charge is 0.343 e. The molecule has 0 aliphatic heterocycles. The van der Waals surface area contributed by atoms with Crippen LogP contribution >= 0.6 is 11.8 Å². The van der Waals surface area contributed by atoms with Crippen LogP contribution in [-0.2, 0) is 0 Å². The minimum atomic E-state index is -0.414. The Morgan fingerprint density at radius 1 is 1.14 bits per heavy atom. The summed E-state index contributed by atoms with van der Waals surface area (Å²) in [7, 11) is 0. The quantitative estimate of drug-likeness (QED) is 0.243. The number of benzene rings is 1. The third kappa shape index (κ3) is 4.54. The van der Waals surface area contributed by atoms with E-state index in [4.69, 9.17) is 0 Å². The van der Waals surface area contributed by atoms with Crippen LogP contribution in [-0.4, -0.2) is 26.4 Å². The van der Waals surface area contributed by atoms with Crippen molar-refractivity contribution < 1.29 is 4.92 Å². The van der Waals surface area contributed by atoms with Crippen LogP contribution in [0.15, 0.2) is 64.4 Å². The highest BCUT2D eigenvalue weighted by Gasteiger charge is 2.24. The van der Waals surface area contributed by atoms with Crippen LogP contribution in [0.25, 0.3) is 10.9 Å². The fraction of sp³-hybridized carbons (Fsp3) is 0.286. The number of anilines is 1. The van der Waals surface area contributed by atoms with Gasteiger partial charge in [-0.3, -0.25) is 15.1 Å². The van der Waals surface area contributed by atoms with Gasteiger partial charge in [0.1, 0.15) is 6.33 Å². The van der Waals surface area contributed by atoms with Crippen LogP contribution in [0.5, 0.6) is 0 Å². The van der Waals surface area contributed by atoms with Crippen molar-refractivity contribution in [1.29, 1.82) is 0 Å². The average molecular weight is 407 g/mol. The Hall–Kier alpha value is -3.00. The molecule has 0 spiro atoms. The van der Waals surface area contributed by atoms with Gasteiger partial charge < -0.3 is 5.32 Å². The first-order valence-corrected chi connectivity index (χ1v) is 10.5. The Kier molecular flexibility index (Phi) is 6.00. The Balaban J connectivity index is 1.58. The molecule has 148 valence electrons. The van der Waals surface area contributed by atoms with Crippen molar-refractivity contribution in [1.82, 2.24) is 15.0 Å². The molecule has 7 nitrogen and oxygen atoms in total. The zero-order chi connectivity index (χ0) is 20.1. The molecule has 1 aliphatic rings. The highest BCUT2D eigenvalue weighted by Crippen LogP contribution is 2.38. The van der Waals surface area contributed by atoms with Gasteiger partial charge in [0.2, 0.25) is 5.82 Å². The number of fused-ring (bicyclic) bond motifs is 1. The van der Waals surface area contributed by atoms with Gasteiger partial charge in [0.15, 0.2) is 5.03 Å². The maximum Gasteiger partial charge on any atom is 0.343 e. The molecule has 2 heterocycles. The molecule has 0 radical (unpaired) electrons. The first-order valence-electron chi connectivity index (χ1n) is 9.65. The molecule has 4 rings (SSSR count). The number of para-hydroxylation sites is 1. The number of nitro groups is 1. The van der Waals surface area contributed by atoms with Crippen LogP contribution < -0.4 is 5.32 Å². The second kappa shape index (κ2) is 9.00. The van der Waals surface area contributed by atoms with E-state index < -0.39 is 4.92 Å². The minimum absolute atomic E-state index is 0.0944. The largest absolute Gasteiger partial charge is 0.364 e. The van der Waals surface area contributed by atoms with Gasteiger partial charge in [-0.05, 0) is 44.2 Å². The molecule has 0 atom stereocenters. The fourth-order valence-corrected chi connectivity index (χ4v) is 4.46. The van der Waals surface area contributed by atoms with Crippen LogP contribution in [0, 0.1) is 10.1 Å². The molecule has 0 unspecified atom stereocenters. The van der Waals surface area contributed by atoms with E-state index in [0.717, 1.165) is 35.1 Å². The minimum Gasteiger partial charge on any atom is -0.364 e. The molecule has 0 amide bonds. The van der Waals surface area contributed by atoms with Crippen molar-refractivity contribution in [3.63, 3.8) is 0 Å². The zero-order valence-electron chi connectivity index (χ0n) is 15.9. The molecule has 1 aliphatic carbocycles. The third-order valence-electron chi connectivity index (χ3n) is 4.90. The number of rotatable bonds is 7. The molecule has 3 aromatic rings. The van der Waals surface area contributed by atoms with E-state index in [1.165, 1.54) is 36.5 Å². The van der Waals surface area contributed by atoms with Gasteiger partial charge in [0.25, 0.3) is 0 Å². The summed E-state index contributed by atoms with van der Waals surface area (Å²) in [5.74, 6) is 0.261. The van der Waals surface area contributed by atoms with Gasteiger partial charge in [-0.15, -0.1) is 0 Å². The molecule has 0 saturated carbocycles. The van der Waals surface area contributed by atoms with E-state index in [9.17, 15) is 10.1 Å². The maximum atomic E-state index is 11.8. The molecule has 8 heteroatoms. The molecule has 0 saturated heterocycles. The van der Waals surface area contributed by atoms with Crippen molar-refractivity contribution in [3.05, 3.63) is 64.6 Å². The predicted octanol–water partition coefficient (Wildman–Crippen LogP) is 5.39. The lowest BCUT2D eigenvalue weighted by Gasteiger charge is -2.13. The van der Waals surface area contributed by atoms with Gasteiger partial charge in [0.05, 0.1) is 10.4 Å². The number of nitrogens with one attached hydrogen (secondary N) is 1. The first kappa shape index (κ1) is 19.3. The Morgan fingerprint density at radius 3 is 2.86 bits per heavy atom. The second-order valence-electron chi connectivity index (χ2n) is 6.85. The second-order valence-corrected chi connectivity index (χ2v) is 7.88. The number of nitrogens with zero attached hydrogens (tertiary/aromatic N) is 4. The van der Waals surface area contributed by atoms with Crippen molar-refractivity contribution in [2.75, 3.05) is 11.9 Å². The number of pyridine rings is 1. The molecule has 2 aromatic heterocycles. The molecule has 1 N–H and O–H groups in total. The SMILES string of the molecule is O=[N+]([O-])c1c(NCCC2=CCCCC2)ncnc1Sc1cccc2cccnc12. The third-order valence-corrected chi connectivity index (χ3v) is 5.94. The lowest BCUT2D eigenvalue weighted by atomic mass is 9.97. The standard InChI is InChI=1S/C21H21N5O2S/c27-26(28)19-20(23-13-11-15-6-2-1-3-7-15)24-14-25-21(19)29-17-10-4-8-16-9-5-12-22-18(16)17/h4-6,8-10,12,14H,1-3,7,11,13H2,(H,23,24,25). The zero-order valence-corrected chi connectivity index (χ0v) is 16.7. The molecule has 0 bridgehead atoms. The number of hydrogen-bond donors (Lipinski definition) is 1. The van der Waals surface area contributed by atoms with Gasteiger partial charge in [-0.25, -0.2) is 9.97 Å². The summed E-state index contributed by atoms with van der Waals surface area (Å²) < 4.78 is 0. The highest BCUT2D eigenvalue weighted by atomic mass is 32.2. The van der Waals surface area contributed by atoms with Crippen molar-refractivity contribution in [2.45, 2.75) is 42.0 Å². The molecular formula is C21H21N5O2S. The van der Waals surface area contributed by atoms with Crippen LogP contribution in [0.1, 0.15) is 32.1 Å². The summed E-state index contributed by atoms with van der Waals surface area (Å²) in [4.78, 5) is 25.0. The Labute approximate surface area is 172 Å². The van der Waals surface area contributed by atoms with E-state index >= 15 is 0 Å². The Morgan fingerprint density at radius 2 is 2.03 bits per heavy atom. The van der Waals surface area contributed by atoms with Crippen molar-refractivity contribution in [3.8, 4) is 0 Å². The number of aromatic nitrogens is 3. The normalized spacial score (nSPS) is 13.9. The summed E-state index contributed by atoms with van der Waals surface area (Å²) in [6, 6.07) is 9.61. The van der Waals surface area contributed by atoms with E-state index in [-0.39, 0.29) is 11.5 Å². The van der Waals surface area contributed by atoms with Gasteiger partial charge in [-0.1, -0.05) is 41.6 Å². The summed E-state index contributed by atoms with van der Waals surface area (Å²) in [5, 5.41) is 16.2. The monoisotopic (exact) mass is 407 g/mol. The lowest BCUT2D eigenvalue weighted by Crippen LogP contribution is -2.09. The van der Waals surface area contributed by atoms with Gasteiger partial charge in [0, 0.05) is 23.0 Å². The van der Waals surface area contributed by atoms with Crippen molar-refractivity contribution in [2.24, 2.45) is 0 Å². The molecule has 1 aromatic carbocycles. The molecule has 0 fully saturated rings. The predicted molar refractivity (Wildman–Crippen MR) is 114 cm³/mol. The van der Waals surface area contributed by atoms with E-state index in [1.54, 1.807) is 6.20 Å². The number of hydrogen-bond acceptors (Lipinski definition) is 7. The number of allylic oxidation sites excluding steroid dienone is 1. The van der Waals surface area contributed by atoms with Crippen LogP contribution in [0.4, 0.5) is 11.5 Å². The summed E-state index contributed by atoms with van der Waals surface area (Å²) in [6.45, 7) is 0.615. The maximum absolute atomic E-state index is 11.8. The van der Waals surface area contributed by atoms with Crippen molar-refractivity contribution >= 4 is 34.2 Å². The van der Waals surface area contributed by atoms with E-state index in [1.807, 2.05) is 30.3 Å². The summed E-state index contributed by atoms with van der Waals surface area (Å²) in [5.41, 5.74) is 2.12. The first-order chi connectivity index (χ1) is 14.2. The molecular weight excluding hydrogens is 386 g/mol. The summed E-state index contributed by atoms with van der Waals surface area (Å²) >= 11 is 1.24.